The van der Waals surface area contributed by atoms with Crippen LogP contribution in [-0.4, -0.2) is 38.5 Å². The molecule has 164 valence electrons. The number of amides is 1. The summed E-state index contributed by atoms with van der Waals surface area (Å²) in [4.78, 5) is 13.1. The number of aliphatic hydroxyl groups excluding tert-OH is 2. The highest BCUT2D eigenvalue weighted by molar-refractivity contribution is 6.02. The molecule has 3 aromatic rings. The summed E-state index contributed by atoms with van der Waals surface area (Å²) in [5.74, 6) is 0.0998. The van der Waals surface area contributed by atoms with Gasteiger partial charge in [-0.2, -0.15) is 0 Å². The molecule has 31 heavy (non-hydrogen) atoms. The van der Waals surface area contributed by atoms with Crippen molar-refractivity contribution in [2.24, 2.45) is 0 Å². The van der Waals surface area contributed by atoms with E-state index in [0.717, 1.165) is 35.0 Å². The molecule has 0 bridgehead atoms. The molecule has 4 N–H and O–H groups in total. The number of carbonyl (C=O) groups excluding carboxylic acids is 1. The Balaban J connectivity index is 1.65. The van der Waals surface area contributed by atoms with Gasteiger partial charge in [-0.05, 0) is 54.8 Å². The second-order valence-corrected chi connectivity index (χ2v) is 9.59. The third-order valence-electron chi connectivity index (χ3n) is 6.12. The van der Waals surface area contributed by atoms with E-state index in [1.165, 1.54) is 0 Å². The molecule has 1 fully saturated rings. The lowest BCUT2D eigenvalue weighted by molar-refractivity contribution is -0.118. The first kappa shape index (κ1) is 21.4. The number of phenols is 1. The maximum atomic E-state index is 13.1. The van der Waals surface area contributed by atoms with Gasteiger partial charge in [0.15, 0.2) is 0 Å². The highest BCUT2D eigenvalue weighted by Crippen LogP contribution is 2.49. The Morgan fingerprint density at radius 2 is 1.90 bits per heavy atom. The van der Waals surface area contributed by atoms with Gasteiger partial charge in [0.25, 0.3) is 0 Å². The molecule has 1 aliphatic rings. The average molecular weight is 423 g/mol. The van der Waals surface area contributed by atoms with Crippen molar-refractivity contribution < 1.29 is 20.1 Å². The fourth-order valence-electron chi connectivity index (χ4n) is 4.26. The van der Waals surface area contributed by atoms with Gasteiger partial charge in [0.1, 0.15) is 5.75 Å². The van der Waals surface area contributed by atoms with Crippen LogP contribution in [0.5, 0.6) is 5.75 Å². The molecule has 0 aliphatic heterocycles. The monoisotopic (exact) mass is 422 g/mol. The smallest absolute Gasteiger partial charge is 0.235 e. The lowest BCUT2D eigenvalue weighted by atomic mass is 9.92. The molecular formula is C25H30N2O4. The lowest BCUT2D eigenvalue weighted by Crippen LogP contribution is -2.27. The predicted octanol–water partition coefficient (Wildman–Crippen LogP) is 3.67. The van der Waals surface area contributed by atoms with Crippen LogP contribution in [0.15, 0.2) is 48.5 Å². The molecule has 1 aliphatic carbocycles. The zero-order chi connectivity index (χ0) is 22.4. The molecule has 2 aromatic carbocycles. The largest absolute Gasteiger partial charge is 0.508 e. The molecule has 0 spiro atoms. The molecular weight excluding hydrogens is 392 g/mol. The van der Waals surface area contributed by atoms with Gasteiger partial charge in [0.2, 0.25) is 5.91 Å². The molecule has 1 amide bonds. The van der Waals surface area contributed by atoms with Gasteiger partial charge < -0.3 is 25.2 Å². The minimum Gasteiger partial charge on any atom is -0.508 e. The van der Waals surface area contributed by atoms with E-state index in [1.807, 2.05) is 28.8 Å². The fourth-order valence-corrected chi connectivity index (χ4v) is 4.26. The SMILES string of the molecule is CC(C)(C)c1cc2cc(NC(=O)C3(c4cccc(O)c4)CC3)ccc2n1CC(O)CO. The average Bonchev–Trinajstić information content (AvgIpc) is 3.45. The number of rotatable bonds is 6. The van der Waals surface area contributed by atoms with Crippen LogP contribution in [0.25, 0.3) is 10.9 Å². The Hall–Kier alpha value is -2.83. The first-order valence-electron chi connectivity index (χ1n) is 10.7. The Kier molecular flexibility index (Phi) is 5.31. The van der Waals surface area contributed by atoms with Crippen LogP contribution in [0, 0.1) is 0 Å². The molecule has 0 saturated heterocycles. The van der Waals surface area contributed by atoms with E-state index in [-0.39, 0.29) is 23.7 Å². The van der Waals surface area contributed by atoms with Crippen LogP contribution in [0.3, 0.4) is 0 Å². The van der Waals surface area contributed by atoms with E-state index in [0.29, 0.717) is 12.2 Å². The van der Waals surface area contributed by atoms with Crippen LogP contribution in [0.1, 0.15) is 44.9 Å². The number of aromatic hydroxyl groups is 1. The number of fused-ring (bicyclic) bond motifs is 1. The van der Waals surface area contributed by atoms with E-state index < -0.39 is 11.5 Å². The molecule has 4 rings (SSSR count). The zero-order valence-electron chi connectivity index (χ0n) is 18.2. The van der Waals surface area contributed by atoms with E-state index in [4.69, 9.17) is 0 Å². The van der Waals surface area contributed by atoms with Crippen molar-refractivity contribution in [3.63, 3.8) is 0 Å². The third-order valence-corrected chi connectivity index (χ3v) is 6.12. The summed E-state index contributed by atoms with van der Waals surface area (Å²) in [5.41, 5.74) is 2.82. The summed E-state index contributed by atoms with van der Waals surface area (Å²) >= 11 is 0. The van der Waals surface area contributed by atoms with Crippen molar-refractivity contribution >= 4 is 22.5 Å². The number of aliphatic hydroxyl groups is 2. The van der Waals surface area contributed by atoms with Gasteiger partial charge in [0.05, 0.1) is 24.7 Å². The summed E-state index contributed by atoms with van der Waals surface area (Å²) in [6.07, 6.45) is 0.676. The van der Waals surface area contributed by atoms with Crippen LogP contribution in [-0.2, 0) is 22.2 Å². The Labute approximate surface area is 182 Å². The number of nitrogens with zero attached hydrogens (tertiary/aromatic N) is 1. The summed E-state index contributed by atoms with van der Waals surface area (Å²) < 4.78 is 2.04. The molecule has 1 saturated carbocycles. The molecule has 6 nitrogen and oxygen atoms in total. The van der Waals surface area contributed by atoms with Crippen molar-refractivity contribution in [1.82, 2.24) is 4.57 Å². The van der Waals surface area contributed by atoms with E-state index >= 15 is 0 Å². The molecule has 0 radical (unpaired) electrons. The van der Waals surface area contributed by atoms with Crippen molar-refractivity contribution in [3.8, 4) is 5.75 Å². The Morgan fingerprint density at radius 3 is 2.52 bits per heavy atom. The molecule has 1 aromatic heterocycles. The number of hydrogen-bond donors (Lipinski definition) is 4. The van der Waals surface area contributed by atoms with Crippen molar-refractivity contribution in [3.05, 3.63) is 59.8 Å². The summed E-state index contributed by atoms with van der Waals surface area (Å²) in [6, 6.07) is 14.8. The predicted molar refractivity (Wildman–Crippen MR) is 121 cm³/mol. The van der Waals surface area contributed by atoms with Crippen LogP contribution < -0.4 is 5.32 Å². The van der Waals surface area contributed by atoms with Gasteiger partial charge >= 0.3 is 0 Å². The number of anilines is 1. The number of nitrogens with one attached hydrogen (secondary N) is 1. The lowest BCUT2D eigenvalue weighted by Gasteiger charge is -2.23. The maximum absolute atomic E-state index is 13.1. The van der Waals surface area contributed by atoms with Crippen LogP contribution >= 0.6 is 0 Å². The quantitative estimate of drug-likeness (QED) is 0.488. The van der Waals surface area contributed by atoms with Gasteiger partial charge in [0, 0.05) is 27.7 Å². The van der Waals surface area contributed by atoms with E-state index in [2.05, 4.69) is 32.2 Å². The topological polar surface area (TPSA) is 94.7 Å². The van der Waals surface area contributed by atoms with Crippen molar-refractivity contribution in [2.75, 3.05) is 11.9 Å². The molecule has 1 heterocycles. The number of carbonyl (C=O) groups is 1. The standard InChI is InChI=1S/C25H30N2O4/c1-24(2,3)22-12-16-11-18(7-8-21(16)27(22)14-20(30)15-28)26-23(31)25(9-10-25)17-5-4-6-19(29)13-17/h4-8,11-13,20,28-30H,9-10,14-15H2,1-3H3,(H,26,31). The maximum Gasteiger partial charge on any atom is 0.235 e. The van der Waals surface area contributed by atoms with Crippen molar-refractivity contribution in [1.29, 1.82) is 0 Å². The van der Waals surface area contributed by atoms with Gasteiger partial charge in [-0.3, -0.25) is 4.79 Å². The second kappa shape index (κ2) is 7.70. The van der Waals surface area contributed by atoms with Crippen molar-refractivity contribution in [2.45, 2.75) is 57.1 Å². The Morgan fingerprint density at radius 1 is 1.16 bits per heavy atom. The first-order chi connectivity index (χ1) is 14.6. The number of hydrogen-bond acceptors (Lipinski definition) is 4. The molecule has 1 unspecified atom stereocenters. The minimum atomic E-state index is -0.840. The number of aromatic nitrogens is 1. The number of phenolic OH excluding ortho intramolecular Hbond substituents is 1. The first-order valence-corrected chi connectivity index (χ1v) is 10.7. The minimum absolute atomic E-state index is 0.0661. The van der Waals surface area contributed by atoms with E-state index in [9.17, 15) is 20.1 Å². The zero-order valence-corrected chi connectivity index (χ0v) is 18.2. The van der Waals surface area contributed by atoms with Gasteiger partial charge in [-0.25, -0.2) is 0 Å². The van der Waals surface area contributed by atoms with Crippen LogP contribution in [0.2, 0.25) is 0 Å². The molecule has 6 heteroatoms. The Bertz CT molecular complexity index is 1120. The summed E-state index contributed by atoms with van der Waals surface area (Å²) in [6.45, 7) is 6.33. The third kappa shape index (κ3) is 4.05. The van der Waals surface area contributed by atoms with Crippen LogP contribution in [0.4, 0.5) is 5.69 Å². The highest BCUT2D eigenvalue weighted by atomic mass is 16.3. The van der Waals surface area contributed by atoms with Gasteiger partial charge in [-0.15, -0.1) is 0 Å². The highest BCUT2D eigenvalue weighted by Gasteiger charge is 2.51. The fraction of sp³-hybridized carbons (Fsp3) is 0.400. The summed E-state index contributed by atoms with van der Waals surface area (Å²) in [7, 11) is 0. The number of benzene rings is 2. The normalized spacial score (nSPS) is 16.3. The van der Waals surface area contributed by atoms with E-state index in [1.54, 1.807) is 18.2 Å². The molecule has 1 atom stereocenters. The summed E-state index contributed by atoms with van der Waals surface area (Å²) in [5, 5.41) is 33.2. The second-order valence-electron chi connectivity index (χ2n) is 9.59. The van der Waals surface area contributed by atoms with Gasteiger partial charge in [-0.1, -0.05) is 32.9 Å².